The lowest BCUT2D eigenvalue weighted by atomic mass is 10.1. The highest BCUT2D eigenvalue weighted by atomic mass is 35.5. The Morgan fingerprint density at radius 2 is 1.33 bits per heavy atom. The van der Waals surface area contributed by atoms with E-state index >= 15 is 0 Å². The van der Waals surface area contributed by atoms with Crippen molar-refractivity contribution in [3.63, 3.8) is 0 Å². The molecule has 0 saturated carbocycles. The maximum atomic E-state index is 6.05. The van der Waals surface area contributed by atoms with E-state index < -0.39 is 0 Å². The van der Waals surface area contributed by atoms with Gasteiger partial charge in [0, 0.05) is 15.7 Å². The highest BCUT2D eigenvalue weighted by molar-refractivity contribution is 6.30. The van der Waals surface area contributed by atoms with Crippen LogP contribution in [0.1, 0.15) is 17.2 Å². The van der Waals surface area contributed by atoms with Gasteiger partial charge in [-0.3, -0.25) is 0 Å². The van der Waals surface area contributed by atoms with Crippen LogP contribution in [0.2, 0.25) is 10.0 Å². The minimum absolute atomic E-state index is 0.0308. The Kier molecular flexibility index (Phi) is 5.19. The van der Waals surface area contributed by atoms with Crippen molar-refractivity contribution < 1.29 is 0 Å². The lowest BCUT2D eigenvalue weighted by Gasteiger charge is -2.16. The molecule has 1 atom stereocenters. The molecule has 4 heteroatoms. The Bertz CT molecular complexity index is 990. The number of para-hydroxylation sites is 2. The summed E-state index contributed by atoms with van der Waals surface area (Å²) in [5.41, 5.74) is 5.36. The number of benzene rings is 3. The molecule has 4 rings (SSSR count). The molecule has 3 aromatic carbocycles. The SMILES string of the molecule is Clc1ccc(/C=C\C2=C[C@@H](c3ccc(Cl)cc3)Nc3ccccc3N2)cc1. The lowest BCUT2D eigenvalue weighted by Crippen LogP contribution is -2.07. The first-order valence-corrected chi connectivity index (χ1v) is 9.46. The fourth-order valence-electron chi connectivity index (χ4n) is 3.01. The van der Waals surface area contributed by atoms with Gasteiger partial charge in [0.15, 0.2) is 0 Å². The van der Waals surface area contributed by atoms with Crippen molar-refractivity contribution in [2.45, 2.75) is 6.04 Å². The van der Waals surface area contributed by atoms with Crippen LogP contribution in [0.5, 0.6) is 0 Å². The van der Waals surface area contributed by atoms with Crippen LogP contribution in [0.25, 0.3) is 6.08 Å². The fourth-order valence-corrected chi connectivity index (χ4v) is 3.26. The monoisotopic (exact) mass is 392 g/mol. The summed E-state index contributed by atoms with van der Waals surface area (Å²) in [4.78, 5) is 0. The molecule has 2 nitrogen and oxygen atoms in total. The van der Waals surface area contributed by atoms with E-state index in [-0.39, 0.29) is 6.04 Å². The quantitative estimate of drug-likeness (QED) is 0.493. The summed E-state index contributed by atoms with van der Waals surface area (Å²) in [5, 5.41) is 8.58. The second-order valence-corrected chi connectivity index (χ2v) is 7.22. The van der Waals surface area contributed by atoms with E-state index in [1.54, 1.807) is 0 Å². The summed E-state index contributed by atoms with van der Waals surface area (Å²) in [5.74, 6) is 0. The molecule has 0 spiro atoms. The molecule has 3 aromatic rings. The molecule has 0 aromatic heterocycles. The van der Waals surface area contributed by atoms with Crippen LogP contribution in [0.3, 0.4) is 0 Å². The molecule has 0 aliphatic carbocycles. The van der Waals surface area contributed by atoms with Crippen LogP contribution in [0.15, 0.2) is 90.6 Å². The van der Waals surface area contributed by atoms with E-state index in [2.05, 4.69) is 41.0 Å². The predicted molar refractivity (Wildman–Crippen MR) is 116 cm³/mol. The number of fused-ring (bicyclic) bond motifs is 1. The molecule has 0 unspecified atom stereocenters. The number of allylic oxidation sites excluding steroid dienone is 1. The van der Waals surface area contributed by atoms with Crippen molar-refractivity contribution in [1.82, 2.24) is 0 Å². The van der Waals surface area contributed by atoms with E-state index in [4.69, 9.17) is 23.2 Å². The number of hydrogen-bond donors (Lipinski definition) is 2. The van der Waals surface area contributed by atoms with E-state index in [0.29, 0.717) is 0 Å². The van der Waals surface area contributed by atoms with Gasteiger partial charge in [0.1, 0.15) is 0 Å². The maximum absolute atomic E-state index is 6.05. The second kappa shape index (κ2) is 7.91. The van der Waals surface area contributed by atoms with E-state index in [0.717, 1.165) is 38.2 Å². The van der Waals surface area contributed by atoms with Gasteiger partial charge in [-0.05, 0) is 59.7 Å². The van der Waals surface area contributed by atoms with Gasteiger partial charge in [0.05, 0.1) is 17.4 Å². The Morgan fingerprint density at radius 3 is 2.04 bits per heavy atom. The van der Waals surface area contributed by atoms with Gasteiger partial charge < -0.3 is 10.6 Å². The first kappa shape index (κ1) is 17.7. The van der Waals surface area contributed by atoms with E-state index in [1.807, 2.05) is 60.7 Å². The average Bonchev–Trinajstić information content (AvgIpc) is 2.87. The van der Waals surface area contributed by atoms with E-state index in [9.17, 15) is 0 Å². The zero-order chi connectivity index (χ0) is 18.6. The van der Waals surface area contributed by atoms with Crippen LogP contribution in [0, 0.1) is 0 Å². The molecular formula is C23H18Cl2N2. The second-order valence-electron chi connectivity index (χ2n) is 6.35. The van der Waals surface area contributed by atoms with Crippen molar-refractivity contribution in [2.75, 3.05) is 10.6 Å². The zero-order valence-corrected chi connectivity index (χ0v) is 16.0. The maximum Gasteiger partial charge on any atom is 0.0721 e. The first-order chi connectivity index (χ1) is 13.2. The first-order valence-electron chi connectivity index (χ1n) is 8.71. The number of anilines is 2. The van der Waals surface area contributed by atoms with Crippen LogP contribution < -0.4 is 10.6 Å². The fraction of sp³-hybridized carbons (Fsp3) is 0.0435. The topological polar surface area (TPSA) is 24.1 Å². The van der Waals surface area contributed by atoms with Gasteiger partial charge >= 0.3 is 0 Å². The smallest absolute Gasteiger partial charge is 0.0721 e. The molecule has 1 aliphatic rings. The summed E-state index contributed by atoms with van der Waals surface area (Å²) in [6.07, 6.45) is 6.33. The Hall–Kier alpha value is -2.68. The molecule has 27 heavy (non-hydrogen) atoms. The summed E-state index contributed by atoms with van der Waals surface area (Å²) in [6, 6.07) is 23.9. The standard InChI is InChI=1S/C23H18Cl2N2/c24-18-10-5-16(6-11-18)7-14-20-15-23(17-8-12-19(25)13-9-17)27-22-4-2-1-3-21(22)26-20/h1-15,23,26-27H/b14-7-/t23-/m0/s1. The van der Waals surface area contributed by atoms with Crippen LogP contribution in [0.4, 0.5) is 11.4 Å². The molecule has 0 bridgehead atoms. The van der Waals surface area contributed by atoms with Gasteiger partial charge in [-0.1, -0.05) is 65.7 Å². The number of halogens is 2. The lowest BCUT2D eigenvalue weighted by molar-refractivity contribution is 0.985. The minimum atomic E-state index is 0.0308. The molecular weight excluding hydrogens is 375 g/mol. The van der Waals surface area contributed by atoms with Crippen molar-refractivity contribution in [2.24, 2.45) is 0 Å². The summed E-state index contributed by atoms with van der Waals surface area (Å²) in [6.45, 7) is 0. The van der Waals surface area contributed by atoms with Gasteiger partial charge in [0.25, 0.3) is 0 Å². The van der Waals surface area contributed by atoms with Crippen LogP contribution in [-0.4, -0.2) is 0 Å². The van der Waals surface area contributed by atoms with Gasteiger partial charge in [-0.25, -0.2) is 0 Å². The third kappa shape index (κ3) is 4.36. The number of nitrogens with one attached hydrogen (secondary N) is 2. The predicted octanol–water partition coefficient (Wildman–Crippen LogP) is 7.17. The number of rotatable bonds is 3. The molecule has 0 radical (unpaired) electrons. The van der Waals surface area contributed by atoms with Gasteiger partial charge in [-0.2, -0.15) is 0 Å². The molecule has 0 saturated heterocycles. The van der Waals surface area contributed by atoms with Gasteiger partial charge in [0.2, 0.25) is 0 Å². The van der Waals surface area contributed by atoms with Crippen molar-refractivity contribution in [3.05, 3.63) is 112 Å². The highest BCUT2D eigenvalue weighted by Crippen LogP contribution is 2.32. The third-order valence-corrected chi connectivity index (χ3v) is 4.92. The Balaban J connectivity index is 1.69. The Morgan fingerprint density at radius 1 is 0.704 bits per heavy atom. The van der Waals surface area contributed by atoms with Crippen molar-refractivity contribution >= 4 is 40.7 Å². The van der Waals surface area contributed by atoms with Crippen molar-refractivity contribution in [3.8, 4) is 0 Å². The summed E-state index contributed by atoms with van der Waals surface area (Å²) >= 11 is 12.0. The van der Waals surface area contributed by atoms with E-state index in [1.165, 1.54) is 0 Å². The normalized spacial score (nSPS) is 16.1. The van der Waals surface area contributed by atoms with Gasteiger partial charge in [-0.15, -0.1) is 0 Å². The molecule has 134 valence electrons. The third-order valence-electron chi connectivity index (χ3n) is 4.42. The molecule has 1 heterocycles. The zero-order valence-electron chi connectivity index (χ0n) is 14.5. The van der Waals surface area contributed by atoms with Crippen LogP contribution in [-0.2, 0) is 0 Å². The molecule has 0 fully saturated rings. The molecule has 0 amide bonds. The summed E-state index contributed by atoms with van der Waals surface area (Å²) in [7, 11) is 0. The van der Waals surface area contributed by atoms with Crippen molar-refractivity contribution in [1.29, 1.82) is 0 Å². The Labute approximate surface area is 169 Å². The largest absolute Gasteiger partial charge is 0.373 e. The highest BCUT2D eigenvalue weighted by Gasteiger charge is 2.16. The minimum Gasteiger partial charge on any atom is -0.373 e. The molecule has 2 N–H and O–H groups in total. The molecule has 1 aliphatic heterocycles. The summed E-state index contributed by atoms with van der Waals surface area (Å²) < 4.78 is 0. The number of hydrogen-bond acceptors (Lipinski definition) is 2. The van der Waals surface area contributed by atoms with Crippen LogP contribution >= 0.6 is 23.2 Å². The average molecular weight is 393 g/mol.